The molecule has 0 radical (unpaired) electrons. The first-order valence-corrected chi connectivity index (χ1v) is 9.29. The number of aromatic nitrogens is 3. The fraction of sp³-hybridized carbons (Fsp3) is 0.250. The van der Waals surface area contributed by atoms with Gasteiger partial charge in [0.05, 0.1) is 5.56 Å². The van der Waals surface area contributed by atoms with Gasteiger partial charge in [-0.2, -0.15) is 5.10 Å². The Hall–Kier alpha value is -2.70. The van der Waals surface area contributed by atoms with E-state index in [9.17, 15) is 4.79 Å². The van der Waals surface area contributed by atoms with Gasteiger partial charge in [0, 0.05) is 56.3 Å². The van der Waals surface area contributed by atoms with Crippen LogP contribution >= 0.6 is 11.6 Å². The highest BCUT2D eigenvalue weighted by Crippen LogP contribution is 2.14. The Labute approximate surface area is 163 Å². The second kappa shape index (κ2) is 7.90. The largest absolute Gasteiger partial charge is 0.336 e. The Bertz CT molecular complexity index is 885. The van der Waals surface area contributed by atoms with Gasteiger partial charge in [0.2, 0.25) is 0 Å². The van der Waals surface area contributed by atoms with Crippen LogP contribution in [0.1, 0.15) is 15.9 Å². The first kappa shape index (κ1) is 17.7. The zero-order valence-electron chi connectivity index (χ0n) is 14.8. The van der Waals surface area contributed by atoms with E-state index in [-0.39, 0.29) is 5.91 Å². The van der Waals surface area contributed by atoms with Gasteiger partial charge in [0.1, 0.15) is 0 Å². The molecular weight excluding hydrogens is 362 g/mol. The second-order valence-electron chi connectivity index (χ2n) is 6.55. The van der Waals surface area contributed by atoms with Crippen LogP contribution in [0.25, 0.3) is 5.82 Å². The SMILES string of the molecule is O=C(c1ccc(-n2cccn2)nc1)N1CCN(Cc2ccc(Cl)cc2)CC1. The van der Waals surface area contributed by atoms with Crippen molar-refractivity contribution in [3.05, 3.63) is 77.2 Å². The molecule has 0 aliphatic carbocycles. The molecule has 7 heteroatoms. The first-order chi connectivity index (χ1) is 13.2. The van der Waals surface area contributed by atoms with Crippen LogP contribution in [0.5, 0.6) is 0 Å². The van der Waals surface area contributed by atoms with Crippen molar-refractivity contribution in [3.63, 3.8) is 0 Å². The highest BCUT2D eigenvalue weighted by atomic mass is 35.5. The number of hydrogen-bond acceptors (Lipinski definition) is 4. The molecule has 3 heterocycles. The molecule has 6 nitrogen and oxygen atoms in total. The van der Waals surface area contributed by atoms with Gasteiger partial charge in [-0.25, -0.2) is 9.67 Å². The molecule has 0 saturated carbocycles. The van der Waals surface area contributed by atoms with Crippen LogP contribution in [-0.2, 0) is 6.54 Å². The van der Waals surface area contributed by atoms with Crippen LogP contribution in [0, 0.1) is 0 Å². The van der Waals surface area contributed by atoms with Gasteiger partial charge in [0.25, 0.3) is 5.91 Å². The molecule has 0 N–H and O–H groups in total. The van der Waals surface area contributed by atoms with Gasteiger partial charge in [-0.15, -0.1) is 0 Å². The van der Waals surface area contributed by atoms with Gasteiger partial charge in [-0.3, -0.25) is 9.69 Å². The van der Waals surface area contributed by atoms with Crippen LogP contribution in [0.2, 0.25) is 5.02 Å². The molecule has 1 aliphatic rings. The molecule has 0 spiro atoms. The summed E-state index contributed by atoms with van der Waals surface area (Å²) in [6, 6.07) is 13.4. The number of carbonyl (C=O) groups is 1. The summed E-state index contributed by atoms with van der Waals surface area (Å²) in [6.07, 6.45) is 5.15. The minimum absolute atomic E-state index is 0.0284. The zero-order chi connectivity index (χ0) is 18.6. The van der Waals surface area contributed by atoms with E-state index in [1.54, 1.807) is 17.1 Å². The fourth-order valence-corrected chi connectivity index (χ4v) is 3.32. The molecule has 1 saturated heterocycles. The molecule has 0 bridgehead atoms. The van der Waals surface area contributed by atoms with Crippen molar-refractivity contribution in [1.29, 1.82) is 0 Å². The summed E-state index contributed by atoms with van der Waals surface area (Å²) in [6.45, 7) is 4.01. The van der Waals surface area contributed by atoms with Crippen molar-refractivity contribution < 1.29 is 4.79 Å². The maximum Gasteiger partial charge on any atom is 0.255 e. The predicted molar refractivity (Wildman–Crippen MR) is 104 cm³/mol. The molecule has 0 atom stereocenters. The van der Waals surface area contributed by atoms with Crippen molar-refractivity contribution in [1.82, 2.24) is 24.6 Å². The minimum atomic E-state index is 0.0284. The number of hydrogen-bond donors (Lipinski definition) is 0. The molecular formula is C20H20ClN5O. The lowest BCUT2D eigenvalue weighted by molar-refractivity contribution is 0.0628. The number of nitrogens with zero attached hydrogens (tertiary/aromatic N) is 5. The highest BCUT2D eigenvalue weighted by molar-refractivity contribution is 6.30. The average molecular weight is 382 g/mol. The summed E-state index contributed by atoms with van der Waals surface area (Å²) >= 11 is 5.94. The third kappa shape index (κ3) is 4.18. The smallest absolute Gasteiger partial charge is 0.255 e. The van der Waals surface area contributed by atoms with Gasteiger partial charge in [-0.1, -0.05) is 23.7 Å². The number of pyridine rings is 1. The van der Waals surface area contributed by atoms with Crippen molar-refractivity contribution >= 4 is 17.5 Å². The lowest BCUT2D eigenvalue weighted by Gasteiger charge is -2.34. The van der Waals surface area contributed by atoms with Gasteiger partial charge < -0.3 is 4.90 Å². The molecule has 4 rings (SSSR count). The quantitative estimate of drug-likeness (QED) is 0.697. The maximum atomic E-state index is 12.7. The van der Waals surface area contributed by atoms with E-state index in [0.717, 1.165) is 24.7 Å². The molecule has 138 valence electrons. The second-order valence-corrected chi connectivity index (χ2v) is 6.99. The maximum absolute atomic E-state index is 12.7. The number of piperazine rings is 1. The molecule has 0 unspecified atom stereocenters. The van der Waals surface area contributed by atoms with Crippen LogP contribution < -0.4 is 0 Å². The molecule has 1 aliphatic heterocycles. The van der Waals surface area contributed by atoms with Crippen molar-refractivity contribution in [3.8, 4) is 5.82 Å². The van der Waals surface area contributed by atoms with E-state index in [1.807, 2.05) is 53.6 Å². The Morgan fingerprint density at radius 3 is 2.44 bits per heavy atom. The van der Waals surface area contributed by atoms with E-state index in [4.69, 9.17) is 11.6 Å². The molecule has 1 fully saturated rings. The van der Waals surface area contributed by atoms with Gasteiger partial charge in [-0.05, 0) is 35.9 Å². The third-order valence-electron chi connectivity index (χ3n) is 4.71. The van der Waals surface area contributed by atoms with E-state index < -0.39 is 0 Å². The summed E-state index contributed by atoms with van der Waals surface area (Å²) in [4.78, 5) is 21.3. The lowest BCUT2D eigenvalue weighted by atomic mass is 10.2. The van der Waals surface area contributed by atoms with E-state index in [0.29, 0.717) is 24.5 Å². The number of amides is 1. The number of rotatable bonds is 4. The number of benzene rings is 1. The summed E-state index contributed by atoms with van der Waals surface area (Å²) in [5.74, 6) is 0.727. The standard InChI is InChI=1S/C20H20ClN5O/c21-18-5-2-16(3-6-18)15-24-10-12-25(13-11-24)20(27)17-4-7-19(22-14-17)26-9-1-8-23-26/h1-9,14H,10-13,15H2. The lowest BCUT2D eigenvalue weighted by Crippen LogP contribution is -2.48. The first-order valence-electron chi connectivity index (χ1n) is 8.91. The van der Waals surface area contributed by atoms with Crippen LogP contribution in [0.4, 0.5) is 0 Å². The molecule has 1 aromatic carbocycles. The zero-order valence-corrected chi connectivity index (χ0v) is 15.6. The van der Waals surface area contributed by atoms with E-state index in [2.05, 4.69) is 15.0 Å². The number of halogens is 1. The Morgan fingerprint density at radius 1 is 1.04 bits per heavy atom. The summed E-state index contributed by atoms with van der Waals surface area (Å²) in [5, 5.41) is 4.90. The Kier molecular flexibility index (Phi) is 5.18. The molecule has 2 aromatic heterocycles. The molecule has 3 aromatic rings. The van der Waals surface area contributed by atoms with Crippen molar-refractivity contribution in [2.24, 2.45) is 0 Å². The third-order valence-corrected chi connectivity index (χ3v) is 4.96. The van der Waals surface area contributed by atoms with E-state index >= 15 is 0 Å². The predicted octanol–water partition coefficient (Wildman–Crippen LogP) is 2.88. The minimum Gasteiger partial charge on any atom is -0.336 e. The average Bonchev–Trinajstić information content (AvgIpc) is 3.25. The topological polar surface area (TPSA) is 54.3 Å². The van der Waals surface area contributed by atoms with E-state index in [1.165, 1.54) is 5.56 Å². The van der Waals surface area contributed by atoms with Crippen LogP contribution in [0.3, 0.4) is 0 Å². The molecule has 27 heavy (non-hydrogen) atoms. The summed E-state index contributed by atoms with van der Waals surface area (Å²) in [5.41, 5.74) is 1.84. The van der Waals surface area contributed by atoms with Gasteiger partial charge in [0.15, 0.2) is 5.82 Å². The summed E-state index contributed by atoms with van der Waals surface area (Å²) in [7, 11) is 0. The Morgan fingerprint density at radius 2 is 1.81 bits per heavy atom. The summed E-state index contributed by atoms with van der Waals surface area (Å²) < 4.78 is 1.67. The fourth-order valence-electron chi connectivity index (χ4n) is 3.19. The van der Waals surface area contributed by atoms with Crippen LogP contribution in [-0.4, -0.2) is 56.7 Å². The Balaban J connectivity index is 1.33. The van der Waals surface area contributed by atoms with Gasteiger partial charge >= 0.3 is 0 Å². The van der Waals surface area contributed by atoms with Crippen LogP contribution in [0.15, 0.2) is 61.1 Å². The van der Waals surface area contributed by atoms with Crippen molar-refractivity contribution in [2.75, 3.05) is 26.2 Å². The molecule has 1 amide bonds. The monoisotopic (exact) mass is 381 g/mol. The normalized spacial score (nSPS) is 15.1. The van der Waals surface area contributed by atoms with Crippen molar-refractivity contribution in [2.45, 2.75) is 6.54 Å². The number of carbonyl (C=O) groups excluding carboxylic acids is 1. The highest BCUT2D eigenvalue weighted by Gasteiger charge is 2.22.